The second-order valence-corrected chi connectivity index (χ2v) is 6.91. The molecule has 1 saturated carbocycles. The third kappa shape index (κ3) is 5.80. The number of rotatable bonds is 8. The molecule has 0 aromatic rings. The van der Waals surface area contributed by atoms with Crippen molar-refractivity contribution in [3.8, 4) is 0 Å². The number of unbranched alkanes of at least 4 members (excludes halogenated alkanes) is 2. The molecule has 0 aromatic heterocycles. The molecule has 2 rings (SSSR count). The third-order valence-corrected chi connectivity index (χ3v) is 4.88. The molecule has 0 aromatic carbocycles. The Morgan fingerprint density at radius 2 is 1.92 bits per heavy atom. The van der Waals surface area contributed by atoms with E-state index in [1.807, 2.05) is 0 Å². The summed E-state index contributed by atoms with van der Waals surface area (Å²) in [6.45, 7) is 3.82. The first-order valence-electron chi connectivity index (χ1n) is 9.29. The Balaban J connectivity index is 1.89. The quantitative estimate of drug-likeness (QED) is 0.588. The summed E-state index contributed by atoms with van der Waals surface area (Å²) >= 11 is 0. The number of carbonyl (C=O) groups is 3. The number of amides is 3. The van der Waals surface area contributed by atoms with Crippen molar-refractivity contribution >= 4 is 17.7 Å². The highest BCUT2D eigenvalue weighted by Gasteiger charge is 2.29. The highest BCUT2D eigenvalue weighted by molar-refractivity contribution is 5.92. The van der Waals surface area contributed by atoms with E-state index in [0.29, 0.717) is 25.7 Å². The lowest BCUT2D eigenvalue weighted by Gasteiger charge is -2.26. The molecule has 1 radical (unpaired) electrons. The molecule has 6 heteroatoms. The van der Waals surface area contributed by atoms with E-state index in [1.165, 1.54) is 0 Å². The average Bonchev–Trinajstić information content (AvgIpc) is 3.07. The Morgan fingerprint density at radius 3 is 2.58 bits per heavy atom. The maximum absolute atomic E-state index is 12.5. The fourth-order valence-corrected chi connectivity index (χ4v) is 3.44. The molecule has 1 unspecified atom stereocenters. The molecule has 3 N–H and O–H groups in total. The Hall–Kier alpha value is -1.59. The van der Waals surface area contributed by atoms with Gasteiger partial charge in [-0.25, -0.2) is 0 Å². The van der Waals surface area contributed by atoms with Crippen LogP contribution in [0.15, 0.2) is 0 Å². The summed E-state index contributed by atoms with van der Waals surface area (Å²) < 4.78 is 0. The molecule has 2 fully saturated rings. The van der Waals surface area contributed by atoms with Crippen LogP contribution < -0.4 is 16.0 Å². The topological polar surface area (TPSA) is 87.3 Å². The van der Waals surface area contributed by atoms with Gasteiger partial charge in [-0.05, 0) is 32.1 Å². The predicted octanol–water partition coefficient (Wildman–Crippen LogP) is 1.59. The van der Waals surface area contributed by atoms with E-state index in [2.05, 4.69) is 22.9 Å². The maximum atomic E-state index is 12.5. The molecule has 0 spiro atoms. The van der Waals surface area contributed by atoms with Crippen LogP contribution in [0.25, 0.3) is 0 Å². The van der Waals surface area contributed by atoms with Gasteiger partial charge in [-0.15, -0.1) is 0 Å². The smallest absolute Gasteiger partial charge is 0.243 e. The van der Waals surface area contributed by atoms with Gasteiger partial charge in [-0.1, -0.05) is 39.0 Å². The summed E-state index contributed by atoms with van der Waals surface area (Å²) in [5.74, 6) is -0.434. The van der Waals surface area contributed by atoms with Gasteiger partial charge in [0, 0.05) is 12.5 Å². The summed E-state index contributed by atoms with van der Waals surface area (Å²) in [7, 11) is 0. The molecule has 2 aliphatic rings. The summed E-state index contributed by atoms with van der Waals surface area (Å²) in [6, 6.07) is -0.802. The lowest BCUT2D eigenvalue weighted by molar-refractivity contribution is -0.133. The average molecular weight is 336 g/mol. The van der Waals surface area contributed by atoms with Crippen LogP contribution in [0.4, 0.5) is 0 Å². The van der Waals surface area contributed by atoms with Gasteiger partial charge < -0.3 is 16.0 Å². The van der Waals surface area contributed by atoms with Crippen LogP contribution in [0.3, 0.4) is 0 Å². The van der Waals surface area contributed by atoms with E-state index in [9.17, 15) is 14.4 Å². The van der Waals surface area contributed by atoms with Crippen molar-refractivity contribution in [2.75, 3.05) is 0 Å². The molecule has 0 bridgehead atoms. The first kappa shape index (κ1) is 18.7. The standard InChI is InChI=1S/C18H30N3O3/c1-2-3-4-10-15(17(23)19-13-8-5-6-9-13)21-18(24)14-11-7-12-16(22)20-14/h13-15H,1-12H2,(H,19,23)(H,20,22)(H,21,24)/t14-,15?/m0/s1. The summed E-state index contributed by atoms with van der Waals surface area (Å²) in [4.78, 5) is 36.4. The van der Waals surface area contributed by atoms with Crippen LogP contribution in [0.5, 0.6) is 0 Å². The number of hydrogen-bond donors (Lipinski definition) is 3. The molecule has 6 nitrogen and oxygen atoms in total. The van der Waals surface area contributed by atoms with Crippen LogP contribution in [0.2, 0.25) is 0 Å². The predicted molar refractivity (Wildman–Crippen MR) is 91.9 cm³/mol. The fraction of sp³-hybridized carbons (Fsp3) is 0.778. The molecule has 1 heterocycles. The van der Waals surface area contributed by atoms with Crippen molar-refractivity contribution in [2.24, 2.45) is 0 Å². The van der Waals surface area contributed by atoms with Crippen LogP contribution >= 0.6 is 0 Å². The summed E-state index contributed by atoms with van der Waals surface area (Å²) in [5.41, 5.74) is 0. The third-order valence-electron chi connectivity index (χ3n) is 4.88. The van der Waals surface area contributed by atoms with Gasteiger partial charge in [0.1, 0.15) is 12.1 Å². The van der Waals surface area contributed by atoms with Gasteiger partial charge in [0.15, 0.2) is 0 Å². The minimum atomic E-state index is -0.525. The first-order valence-corrected chi connectivity index (χ1v) is 9.29. The van der Waals surface area contributed by atoms with Crippen molar-refractivity contribution in [1.29, 1.82) is 0 Å². The van der Waals surface area contributed by atoms with Gasteiger partial charge in [-0.3, -0.25) is 14.4 Å². The minimum absolute atomic E-state index is 0.0922. The second-order valence-electron chi connectivity index (χ2n) is 6.91. The zero-order chi connectivity index (χ0) is 17.4. The summed E-state index contributed by atoms with van der Waals surface area (Å²) in [6.07, 6.45) is 9.37. The molecule has 3 amide bonds. The van der Waals surface area contributed by atoms with Crippen LogP contribution in [-0.2, 0) is 14.4 Å². The zero-order valence-corrected chi connectivity index (χ0v) is 14.4. The van der Waals surface area contributed by atoms with E-state index in [0.717, 1.165) is 44.9 Å². The Bertz CT molecular complexity index is 447. The van der Waals surface area contributed by atoms with E-state index in [4.69, 9.17) is 0 Å². The maximum Gasteiger partial charge on any atom is 0.243 e. The highest BCUT2D eigenvalue weighted by Crippen LogP contribution is 2.18. The number of piperidine rings is 1. The van der Waals surface area contributed by atoms with Crippen molar-refractivity contribution < 1.29 is 14.4 Å². The van der Waals surface area contributed by atoms with Crippen LogP contribution in [0, 0.1) is 6.92 Å². The van der Waals surface area contributed by atoms with Crippen molar-refractivity contribution in [2.45, 2.75) is 88.8 Å². The fourth-order valence-electron chi connectivity index (χ4n) is 3.44. The monoisotopic (exact) mass is 336 g/mol. The minimum Gasteiger partial charge on any atom is -0.352 e. The van der Waals surface area contributed by atoms with Crippen molar-refractivity contribution in [1.82, 2.24) is 16.0 Å². The molecule has 1 aliphatic carbocycles. The molecule has 1 saturated heterocycles. The van der Waals surface area contributed by atoms with E-state index in [1.54, 1.807) is 0 Å². The number of hydrogen-bond acceptors (Lipinski definition) is 3. The van der Waals surface area contributed by atoms with Crippen LogP contribution in [-0.4, -0.2) is 35.8 Å². The largest absolute Gasteiger partial charge is 0.352 e. The second kappa shape index (κ2) is 9.64. The van der Waals surface area contributed by atoms with E-state index < -0.39 is 12.1 Å². The van der Waals surface area contributed by atoms with Crippen molar-refractivity contribution in [3.05, 3.63) is 6.92 Å². The lowest BCUT2D eigenvalue weighted by Crippen LogP contribution is -2.55. The Morgan fingerprint density at radius 1 is 1.17 bits per heavy atom. The highest BCUT2D eigenvalue weighted by atomic mass is 16.2. The lowest BCUT2D eigenvalue weighted by atomic mass is 10.0. The molecule has 2 atom stereocenters. The number of nitrogens with one attached hydrogen (secondary N) is 3. The van der Waals surface area contributed by atoms with E-state index in [-0.39, 0.29) is 23.8 Å². The van der Waals surface area contributed by atoms with E-state index >= 15 is 0 Å². The van der Waals surface area contributed by atoms with Gasteiger partial charge in [0.25, 0.3) is 0 Å². The first-order chi connectivity index (χ1) is 11.6. The number of carbonyl (C=O) groups excluding carboxylic acids is 3. The van der Waals surface area contributed by atoms with Crippen molar-refractivity contribution in [3.63, 3.8) is 0 Å². The van der Waals surface area contributed by atoms with Crippen LogP contribution in [0.1, 0.15) is 70.6 Å². The SMILES string of the molecule is [CH2]CCCCC(NC(=O)[C@@H]1CCCC(=O)N1)C(=O)NC1CCCC1. The van der Waals surface area contributed by atoms with Gasteiger partial charge in [0.05, 0.1) is 0 Å². The molecule has 135 valence electrons. The molecular weight excluding hydrogens is 306 g/mol. The summed E-state index contributed by atoms with van der Waals surface area (Å²) in [5, 5.41) is 8.63. The Labute approximate surface area is 144 Å². The van der Waals surface area contributed by atoms with Gasteiger partial charge in [-0.2, -0.15) is 0 Å². The zero-order valence-electron chi connectivity index (χ0n) is 14.4. The normalized spacial score (nSPS) is 22.7. The Kier molecular flexibility index (Phi) is 7.53. The van der Waals surface area contributed by atoms with Gasteiger partial charge >= 0.3 is 0 Å². The molecule has 24 heavy (non-hydrogen) atoms. The molecule has 1 aliphatic heterocycles. The molecular formula is C18H30N3O3. The van der Waals surface area contributed by atoms with Gasteiger partial charge in [0.2, 0.25) is 17.7 Å².